The zero-order valence-electron chi connectivity index (χ0n) is 13.9. The number of carbonyl (C=O) groups is 2. The fraction of sp³-hybridized carbons (Fsp3) is 0.167. The smallest absolute Gasteiger partial charge is 0.363 e. The van der Waals surface area contributed by atoms with E-state index in [2.05, 4.69) is 4.99 Å². The zero-order chi connectivity index (χ0) is 18.7. The summed E-state index contributed by atoms with van der Waals surface area (Å²) >= 11 is 7.63. The minimum atomic E-state index is -0.549. The molecule has 0 fully saturated rings. The van der Waals surface area contributed by atoms with E-state index in [0.29, 0.717) is 17.9 Å². The summed E-state index contributed by atoms with van der Waals surface area (Å²) in [5.74, 6) is -0.352. The van der Waals surface area contributed by atoms with E-state index in [1.807, 2.05) is 17.5 Å². The molecule has 6 nitrogen and oxygen atoms in total. The Balaban J connectivity index is 1.97. The maximum absolute atomic E-state index is 12.1. The second-order valence-corrected chi connectivity index (χ2v) is 6.52. The number of hydrogen-bond donors (Lipinski definition) is 0. The van der Waals surface area contributed by atoms with Crippen LogP contribution < -0.4 is 9.47 Å². The number of cyclic esters (lactones) is 1. The van der Waals surface area contributed by atoms with Gasteiger partial charge in [0.1, 0.15) is 0 Å². The van der Waals surface area contributed by atoms with Gasteiger partial charge in [-0.1, -0.05) is 17.7 Å². The Labute approximate surface area is 158 Å². The second-order valence-electron chi connectivity index (χ2n) is 5.17. The SMILES string of the molecule is CCOc1cc(/C=C2\N=C(c3cccs3)OC2=O)cc(Cl)c1OC(C)=O. The van der Waals surface area contributed by atoms with Crippen LogP contribution in [0.5, 0.6) is 11.5 Å². The molecular formula is C18H14ClNO5S. The summed E-state index contributed by atoms with van der Waals surface area (Å²) in [5.41, 5.74) is 0.713. The molecule has 0 saturated heterocycles. The summed E-state index contributed by atoms with van der Waals surface area (Å²) in [6, 6.07) is 6.84. The van der Waals surface area contributed by atoms with Crippen LogP contribution in [0.25, 0.3) is 6.08 Å². The molecule has 0 aliphatic carbocycles. The molecule has 8 heteroatoms. The monoisotopic (exact) mass is 391 g/mol. The number of benzene rings is 1. The lowest BCUT2D eigenvalue weighted by Crippen LogP contribution is -2.05. The molecule has 2 aromatic rings. The van der Waals surface area contributed by atoms with Crippen molar-refractivity contribution in [3.8, 4) is 11.5 Å². The minimum Gasteiger partial charge on any atom is -0.490 e. The number of aliphatic imine (C=N–C) groups is 1. The van der Waals surface area contributed by atoms with Crippen molar-refractivity contribution in [2.45, 2.75) is 13.8 Å². The van der Waals surface area contributed by atoms with Gasteiger partial charge in [0.25, 0.3) is 0 Å². The number of rotatable bonds is 5. The van der Waals surface area contributed by atoms with Crippen LogP contribution in [-0.2, 0) is 14.3 Å². The second kappa shape index (κ2) is 7.72. The highest BCUT2D eigenvalue weighted by Crippen LogP contribution is 2.37. The summed E-state index contributed by atoms with van der Waals surface area (Å²) < 4.78 is 15.8. The van der Waals surface area contributed by atoms with E-state index < -0.39 is 11.9 Å². The largest absolute Gasteiger partial charge is 0.490 e. The van der Waals surface area contributed by atoms with Gasteiger partial charge in [0.15, 0.2) is 17.2 Å². The van der Waals surface area contributed by atoms with Gasteiger partial charge in [-0.15, -0.1) is 11.3 Å². The highest BCUT2D eigenvalue weighted by molar-refractivity contribution is 7.12. The molecule has 0 saturated carbocycles. The van der Waals surface area contributed by atoms with Crippen LogP contribution in [0.2, 0.25) is 5.02 Å². The zero-order valence-corrected chi connectivity index (χ0v) is 15.5. The summed E-state index contributed by atoms with van der Waals surface area (Å²) in [4.78, 5) is 28.3. The van der Waals surface area contributed by atoms with E-state index in [1.54, 1.807) is 19.1 Å². The molecule has 26 heavy (non-hydrogen) atoms. The van der Waals surface area contributed by atoms with Gasteiger partial charge in [-0.3, -0.25) is 4.79 Å². The number of ether oxygens (including phenoxy) is 3. The van der Waals surface area contributed by atoms with Crippen LogP contribution in [0.1, 0.15) is 24.3 Å². The number of nitrogens with zero attached hydrogens (tertiary/aromatic N) is 1. The normalized spacial score (nSPS) is 15.0. The molecule has 0 radical (unpaired) electrons. The molecule has 0 amide bonds. The van der Waals surface area contributed by atoms with Crippen molar-refractivity contribution >= 4 is 46.9 Å². The number of thiophene rings is 1. The van der Waals surface area contributed by atoms with E-state index in [-0.39, 0.29) is 22.4 Å². The van der Waals surface area contributed by atoms with E-state index in [4.69, 9.17) is 25.8 Å². The Bertz CT molecular complexity index is 918. The highest BCUT2D eigenvalue weighted by Gasteiger charge is 2.25. The first-order chi connectivity index (χ1) is 12.5. The average Bonchev–Trinajstić information content (AvgIpc) is 3.21. The van der Waals surface area contributed by atoms with Crippen LogP contribution in [-0.4, -0.2) is 24.4 Å². The van der Waals surface area contributed by atoms with Crippen LogP contribution >= 0.6 is 22.9 Å². The highest BCUT2D eigenvalue weighted by atomic mass is 35.5. The molecule has 0 spiro atoms. The van der Waals surface area contributed by atoms with Gasteiger partial charge in [-0.25, -0.2) is 9.79 Å². The molecule has 0 N–H and O–H groups in total. The maximum atomic E-state index is 12.1. The Morgan fingerprint density at radius 1 is 1.42 bits per heavy atom. The van der Waals surface area contributed by atoms with E-state index in [9.17, 15) is 9.59 Å². The van der Waals surface area contributed by atoms with Gasteiger partial charge in [-0.2, -0.15) is 0 Å². The molecule has 1 aliphatic rings. The third-order valence-electron chi connectivity index (χ3n) is 3.23. The summed E-state index contributed by atoms with van der Waals surface area (Å²) in [6.07, 6.45) is 1.54. The van der Waals surface area contributed by atoms with Gasteiger partial charge in [0, 0.05) is 6.92 Å². The Hall–Kier alpha value is -2.64. The first kappa shape index (κ1) is 18.2. The molecule has 1 aliphatic heterocycles. The quantitative estimate of drug-likeness (QED) is 0.436. The van der Waals surface area contributed by atoms with Gasteiger partial charge < -0.3 is 14.2 Å². The van der Waals surface area contributed by atoms with Crippen molar-refractivity contribution < 1.29 is 23.8 Å². The van der Waals surface area contributed by atoms with E-state index >= 15 is 0 Å². The molecule has 1 aromatic heterocycles. The van der Waals surface area contributed by atoms with Crippen molar-refractivity contribution in [2.75, 3.05) is 6.61 Å². The fourth-order valence-electron chi connectivity index (χ4n) is 2.25. The van der Waals surface area contributed by atoms with Gasteiger partial charge in [-0.05, 0) is 42.1 Å². The number of carbonyl (C=O) groups excluding carboxylic acids is 2. The Morgan fingerprint density at radius 3 is 2.88 bits per heavy atom. The third kappa shape index (κ3) is 3.95. The topological polar surface area (TPSA) is 74.2 Å². The van der Waals surface area contributed by atoms with Crippen molar-refractivity contribution in [3.05, 3.63) is 50.8 Å². The van der Waals surface area contributed by atoms with Crippen LogP contribution in [0, 0.1) is 0 Å². The lowest BCUT2D eigenvalue weighted by Gasteiger charge is -2.12. The predicted molar refractivity (Wildman–Crippen MR) is 98.9 cm³/mol. The maximum Gasteiger partial charge on any atom is 0.363 e. The molecule has 3 rings (SSSR count). The molecule has 0 atom stereocenters. The standard InChI is InChI=1S/C18H14ClNO5S/c1-3-23-14-9-11(7-12(19)16(14)24-10(2)21)8-13-18(22)25-17(20-13)15-5-4-6-26-15/h4-9H,3H2,1-2H3/b13-8-. The Kier molecular flexibility index (Phi) is 5.39. The number of hydrogen-bond acceptors (Lipinski definition) is 7. The fourth-order valence-corrected chi connectivity index (χ4v) is 3.16. The van der Waals surface area contributed by atoms with Crippen LogP contribution in [0.15, 0.2) is 40.3 Å². The molecule has 1 aromatic carbocycles. The van der Waals surface area contributed by atoms with E-state index in [0.717, 1.165) is 4.88 Å². The lowest BCUT2D eigenvalue weighted by molar-refractivity contribution is -0.132. The van der Waals surface area contributed by atoms with Crippen molar-refractivity contribution in [3.63, 3.8) is 0 Å². The first-order valence-electron chi connectivity index (χ1n) is 7.69. The molecule has 0 bridgehead atoms. The average molecular weight is 392 g/mol. The molecule has 134 valence electrons. The molecule has 2 heterocycles. The summed E-state index contributed by atoms with van der Waals surface area (Å²) in [5, 5.41) is 2.06. The van der Waals surface area contributed by atoms with Gasteiger partial charge >= 0.3 is 11.9 Å². The van der Waals surface area contributed by atoms with Gasteiger partial charge in [0.2, 0.25) is 5.90 Å². The first-order valence-corrected chi connectivity index (χ1v) is 8.95. The summed E-state index contributed by atoms with van der Waals surface area (Å²) in [7, 11) is 0. The minimum absolute atomic E-state index is 0.139. The lowest BCUT2D eigenvalue weighted by atomic mass is 10.1. The van der Waals surface area contributed by atoms with Crippen molar-refractivity contribution in [1.29, 1.82) is 0 Å². The molecule has 0 unspecified atom stereocenters. The van der Waals surface area contributed by atoms with Crippen molar-refractivity contribution in [2.24, 2.45) is 4.99 Å². The molecular weight excluding hydrogens is 378 g/mol. The third-order valence-corrected chi connectivity index (χ3v) is 4.37. The van der Waals surface area contributed by atoms with Gasteiger partial charge in [0.05, 0.1) is 16.5 Å². The van der Waals surface area contributed by atoms with Crippen LogP contribution in [0.3, 0.4) is 0 Å². The van der Waals surface area contributed by atoms with Crippen molar-refractivity contribution in [1.82, 2.24) is 0 Å². The number of esters is 2. The summed E-state index contributed by atoms with van der Waals surface area (Å²) in [6.45, 7) is 3.42. The number of halogens is 1. The van der Waals surface area contributed by atoms with Crippen LogP contribution in [0.4, 0.5) is 0 Å². The van der Waals surface area contributed by atoms with E-state index in [1.165, 1.54) is 24.3 Å². The Morgan fingerprint density at radius 2 is 2.23 bits per heavy atom. The predicted octanol–water partition coefficient (Wildman–Crippen LogP) is 4.07.